The largest absolute Gasteiger partial charge is 0.491 e. The van der Waals surface area contributed by atoms with E-state index in [1.54, 1.807) is 24.3 Å². The normalized spacial score (nSPS) is 11.2. The Bertz CT molecular complexity index is 739. The van der Waals surface area contributed by atoms with E-state index >= 15 is 0 Å². The highest BCUT2D eigenvalue weighted by molar-refractivity contribution is 5.88. The first-order valence-electron chi connectivity index (χ1n) is 15.9. The molecule has 0 fully saturated rings. The Morgan fingerprint density at radius 3 is 1.16 bits per heavy atom. The summed E-state index contributed by atoms with van der Waals surface area (Å²) in [4.78, 5) is 11.0. The third-order valence-electron chi connectivity index (χ3n) is 5.79. The van der Waals surface area contributed by atoms with Crippen LogP contribution in [0.3, 0.4) is 0 Å². The summed E-state index contributed by atoms with van der Waals surface area (Å²) in [5.41, 5.74) is 0.735. The van der Waals surface area contributed by atoms with Gasteiger partial charge in [-0.25, -0.2) is 0 Å². The minimum atomic E-state index is -0.105. The Morgan fingerprint density at radius 1 is 0.477 bits per heavy atom. The molecule has 0 radical (unpaired) electrons. The van der Waals surface area contributed by atoms with Crippen molar-refractivity contribution in [1.29, 1.82) is 0 Å². The number of carbonyl (C=O) groups is 1. The minimum Gasteiger partial charge on any atom is -0.491 e. The van der Waals surface area contributed by atoms with Gasteiger partial charge in [0, 0.05) is 19.2 Å². The van der Waals surface area contributed by atoms with Gasteiger partial charge in [-0.3, -0.25) is 4.79 Å². The Kier molecular flexibility index (Phi) is 29.7. The number of ether oxygens (including phenoxy) is 10. The summed E-state index contributed by atoms with van der Waals surface area (Å²) in [5, 5.41) is 2.71. The molecule has 0 bridgehead atoms. The first-order chi connectivity index (χ1) is 21.7. The summed E-state index contributed by atoms with van der Waals surface area (Å²) in [7, 11) is 0. The van der Waals surface area contributed by atoms with Gasteiger partial charge in [0.25, 0.3) is 0 Å². The van der Waals surface area contributed by atoms with Crippen molar-refractivity contribution in [2.24, 2.45) is 0 Å². The van der Waals surface area contributed by atoms with Crippen LogP contribution >= 0.6 is 0 Å². The lowest BCUT2D eigenvalue weighted by atomic mass is 10.2. The van der Waals surface area contributed by atoms with Crippen LogP contribution in [0.1, 0.15) is 39.5 Å². The fourth-order valence-corrected chi connectivity index (χ4v) is 3.55. The molecule has 12 heteroatoms. The van der Waals surface area contributed by atoms with Gasteiger partial charge >= 0.3 is 0 Å². The zero-order valence-corrected chi connectivity index (χ0v) is 27.1. The van der Waals surface area contributed by atoms with Gasteiger partial charge in [-0.2, -0.15) is 0 Å². The summed E-state index contributed by atoms with van der Waals surface area (Å²) >= 11 is 0. The number of benzene rings is 1. The van der Waals surface area contributed by atoms with E-state index in [0.29, 0.717) is 119 Å². The topological polar surface area (TPSA) is 121 Å². The van der Waals surface area contributed by atoms with Gasteiger partial charge in [-0.1, -0.05) is 26.2 Å². The molecule has 0 unspecified atom stereocenters. The quantitative estimate of drug-likeness (QED) is 0.112. The molecule has 0 aromatic heterocycles. The predicted molar refractivity (Wildman–Crippen MR) is 168 cm³/mol. The number of anilines is 1. The maximum absolute atomic E-state index is 11.0. The molecule has 1 N–H and O–H groups in total. The van der Waals surface area contributed by atoms with E-state index in [2.05, 4.69) is 12.2 Å². The van der Waals surface area contributed by atoms with E-state index < -0.39 is 0 Å². The molecule has 44 heavy (non-hydrogen) atoms. The minimum absolute atomic E-state index is 0.105. The van der Waals surface area contributed by atoms with Crippen LogP contribution < -0.4 is 10.1 Å². The molecule has 0 heterocycles. The van der Waals surface area contributed by atoms with Crippen LogP contribution in [0.4, 0.5) is 5.69 Å². The molecular weight excluding hydrogens is 574 g/mol. The van der Waals surface area contributed by atoms with Crippen LogP contribution in [0, 0.1) is 0 Å². The number of rotatable bonds is 34. The first kappa shape index (κ1) is 40.2. The molecule has 1 aromatic rings. The average Bonchev–Trinajstić information content (AvgIpc) is 3.02. The Morgan fingerprint density at radius 2 is 0.818 bits per heavy atom. The fourth-order valence-electron chi connectivity index (χ4n) is 3.55. The average molecular weight is 632 g/mol. The van der Waals surface area contributed by atoms with Gasteiger partial charge < -0.3 is 52.7 Å². The van der Waals surface area contributed by atoms with Crippen LogP contribution in [0.2, 0.25) is 0 Å². The van der Waals surface area contributed by atoms with Crippen molar-refractivity contribution in [3.05, 3.63) is 24.3 Å². The summed E-state index contributed by atoms with van der Waals surface area (Å²) in [5.74, 6) is 0.615. The first-order valence-corrected chi connectivity index (χ1v) is 15.9. The van der Waals surface area contributed by atoms with Gasteiger partial charge in [-0.05, 0) is 30.7 Å². The highest BCUT2D eigenvalue weighted by atomic mass is 16.6. The van der Waals surface area contributed by atoms with E-state index in [-0.39, 0.29) is 5.91 Å². The molecule has 12 nitrogen and oxygen atoms in total. The zero-order valence-electron chi connectivity index (χ0n) is 27.1. The SMILES string of the molecule is CCCCCCOCCOCCOCCOCCOCCOCCOCCOCCOCCOc1ccc(NC(C)=O)cc1. The van der Waals surface area contributed by atoms with Crippen molar-refractivity contribution in [3.63, 3.8) is 0 Å². The van der Waals surface area contributed by atoms with Crippen LogP contribution in [0.25, 0.3) is 0 Å². The Hall–Kier alpha value is -1.87. The number of amides is 1. The van der Waals surface area contributed by atoms with Crippen LogP contribution in [-0.2, 0) is 47.4 Å². The van der Waals surface area contributed by atoms with Crippen molar-refractivity contribution in [2.75, 3.05) is 131 Å². The van der Waals surface area contributed by atoms with Crippen molar-refractivity contribution in [2.45, 2.75) is 39.5 Å². The maximum atomic E-state index is 11.0. The molecule has 0 aliphatic rings. The smallest absolute Gasteiger partial charge is 0.221 e. The second-order valence-electron chi connectivity index (χ2n) is 9.63. The van der Waals surface area contributed by atoms with Crippen LogP contribution in [0.5, 0.6) is 5.75 Å². The van der Waals surface area contributed by atoms with E-state index in [1.807, 2.05) is 0 Å². The van der Waals surface area contributed by atoms with E-state index in [1.165, 1.54) is 26.2 Å². The lowest BCUT2D eigenvalue weighted by Gasteiger charge is -2.09. The van der Waals surface area contributed by atoms with Crippen molar-refractivity contribution in [3.8, 4) is 5.75 Å². The van der Waals surface area contributed by atoms with Crippen molar-refractivity contribution in [1.82, 2.24) is 0 Å². The van der Waals surface area contributed by atoms with Gasteiger partial charge in [0.2, 0.25) is 5.91 Å². The standard InChI is InChI=1S/C32H57NO11/c1-3-4-5-6-11-35-12-13-36-14-15-37-16-17-38-18-19-39-20-21-40-22-23-41-24-25-42-26-27-43-28-29-44-32-9-7-31(8-10-32)33-30(2)34/h7-10H,3-6,11-29H2,1-2H3,(H,33,34). The molecular formula is C32H57NO11. The summed E-state index contributed by atoms with van der Waals surface area (Å²) in [6, 6.07) is 7.19. The third-order valence-corrected chi connectivity index (χ3v) is 5.79. The monoisotopic (exact) mass is 631 g/mol. The zero-order chi connectivity index (χ0) is 31.6. The highest BCUT2D eigenvalue weighted by Crippen LogP contribution is 2.15. The fraction of sp³-hybridized carbons (Fsp3) is 0.781. The van der Waals surface area contributed by atoms with Gasteiger partial charge in [0.1, 0.15) is 12.4 Å². The summed E-state index contributed by atoms with van der Waals surface area (Å²) in [6.07, 6.45) is 4.89. The number of carbonyl (C=O) groups excluding carboxylic acids is 1. The number of hydrogen-bond donors (Lipinski definition) is 1. The van der Waals surface area contributed by atoms with Crippen molar-refractivity contribution < 1.29 is 52.2 Å². The van der Waals surface area contributed by atoms with E-state index in [0.717, 1.165) is 24.5 Å². The lowest BCUT2D eigenvalue weighted by Crippen LogP contribution is -2.15. The molecule has 0 spiro atoms. The van der Waals surface area contributed by atoms with Gasteiger partial charge in [0.15, 0.2) is 0 Å². The van der Waals surface area contributed by atoms with Crippen LogP contribution in [-0.4, -0.2) is 131 Å². The summed E-state index contributed by atoms with van der Waals surface area (Å²) < 4.78 is 55.0. The molecule has 0 saturated carbocycles. The maximum Gasteiger partial charge on any atom is 0.221 e. The lowest BCUT2D eigenvalue weighted by molar-refractivity contribution is -0.114. The molecule has 1 aromatic carbocycles. The summed E-state index contributed by atoms with van der Waals surface area (Å²) in [6.45, 7) is 13.9. The molecule has 256 valence electrons. The van der Waals surface area contributed by atoms with Gasteiger partial charge in [-0.15, -0.1) is 0 Å². The molecule has 1 amide bonds. The van der Waals surface area contributed by atoms with E-state index in [4.69, 9.17) is 47.4 Å². The molecule has 0 aliphatic carbocycles. The molecule has 1 rings (SSSR count). The Labute approximate surface area is 264 Å². The number of hydrogen-bond acceptors (Lipinski definition) is 11. The number of nitrogens with one attached hydrogen (secondary N) is 1. The molecule has 0 aliphatic heterocycles. The highest BCUT2D eigenvalue weighted by Gasteiger charge is 1.99. The Balaban J connectivity index is 1.67. The number of unbranched alkanes of at least 4 members (excludes halogenated alkanes) is 3. The molecule has 0 saturated heterocycles. The predicted octanol–water partition coefficient (Wildman–Crippen LogP) is 3.75. The second kappa shape index (κ2) is 32.5. The van der Waals surface area contributed by atoms with Crippen molar-refractivity contribution >= 4 is 11.6 Å². The van der Waals surface area contributed by atoms with Crippen LogP contribution in [0.15, 0.2) is 24.3 Å². The third kappa shape index (κ3) is 28.9. The van der Waals surface area contributed by atoms with E-state index in [9.17, 15) is 4.79 Å². The second-order valence-corrected chi connectivity index (χ2v) is 9.63. The molecule has 0 atom stereocenters. The van der Waals surface area contributed by atoms with Gasteiger partial charge in [0.05, 0.1) is 112 Å².